The molecule has 0 amide bonds. The summed E-state index contributed by atoms with van der Waals surface area (Å²) in [4.78, 5) is 13.7. The number of methoxy groups -OCH3 is 1. The van der Waals surface area contributed by atoms with Crippen LogP contribution in [0.25, 0.3) is 22.3 Å². The molecule has 5 rings (SSSR count). The molecule has 9 N–H and O–H groups in total. The number of benzene rings is 2. The summed E-state index contributed by atoms with van der Waals surface area (Å²) in [7, 11) is 1.32. The molecular weight excluding hydrogens is 592 g/mol. The molecule has 16 heteroatoms. The monoisotopic (exact) mass is 624 g/mol. The lowest BCUT2D eigenvalue weighted by Crippen LogP contribution is -2.61. The van der Waals surface area contributed by atoms with Crippen LogP contribution in [0, 0.1) is 0 Å². The van der Waals surface area contributed by atoms with Crippen LogP contribution in [0.4, 0.5) is 0 Å². The van der Waals surface area contributed by atoms with Crippen LogP contribution < -0.4 is 14.9 Å². The standard InChI is InChI=1S/C28H32O16/c1-9-18(32)21(35)23(37)27(41-9)40-8-16-19(33)22(36)24(38)28(43-16)44-26-20(34)17-14(31)6-12(30)7-15(17)42-25(26)10-3-11(29)5-13(4-10)39-2/h3-7,9,16,18-19,21-24,27-33,35-38H,8H2,1-2H3/t9-,16+,18-,19-,21+,22+,23+,24+,27-,28+/m0/s1. The van der Waals surface area contributed by atoms with Gasteiger partial charge < -0.3 is 74.1 Å². The van der Waals surface area contributed by atoms with E-state index >= 15 is 0 Å². The summed E-state index contributed by atoms with van der Waals surface area (Å²) in [5, 5.41) is 92.2. The van der Waals surface area contributed by atoms with E-state index in [2.05, 4.69) is 0 Å². The molecule has 2 aliphatic heterocycles. The third-order valence-electron chi connectivity index (χ3n) is 7.44. The molecule has 0 saturated carbocycles. The zero-order chi connectivity index (χ0) is 32.0. The van der Waals surface area contributed by atoms with Crippen LogP contribution in [0.1, 0.15) is 6.92 Å². The van der Waals surface area contributed by atoms with Crippen LogP contribution in [0.15, 0.2) is 39.5 Å². The average molecular weight is 625 g/mol. The van der Waals surface area contributed by atoms with E-state index in [0.29, 0.717) is 0 Å². The molecule has 2 aliphatic rings. The second kappa shape index (κ2) is 12.4. The molecule has 10 atom stereocenters. The highest BCUT2D eigenvalue weighted by atomic mass is 16.7. The Balaban J connectivity index is 1.49. The Morgan fingerprint density at radius 2 is 1.43 bits per heavy atom. The molecule has 16 nitrogen and oxygen atoms in total. The topological polar surface area (TPSA) is 258 Å². The Hall–Kier alpha value is -3.71. The second-order valence-corrected chi connectivity index (χ2v) is 10.5. The van der Waals surface area contributed by atoms with Gasteiger partial charge in [-0.2, -0.15) is 0 Å². The average Bonchev–Trinajstić information content (AvgIpc) is 2.98. The van der Waals surface area contributed by atoms with Gasteiger partial charge in [-0.25, -0.2) is 0 Å². The van der Waals surface area contributed by atoms with Crippen LogP contribution in [0.3, 0.4) is 0 Å². The minimum atomic E-state index is -1.95. The van der Waals surface area contributed by atoms with E-state index in [9.17, 15) is 50.8 Å². The number of fused-ring (bicyclic) bond motifs is 1. The van der Waals surface area contributed by atoms with Crippen LogP contribution in [-0.2, 0) is 14.2 Å². The molecule has 240 valence electrons. The fraction of sp³-hybridized carbons (Fsp3) is 0.464. The van der Waals surface area contributed by atoms with Gasteiger partial charge in [-0.3, -0.25) is 4.79 Å². The van der Waals surface area contributed by atoms with Crippen molar-refractivity contribution in [2.24, 2.45) is 0 Å². The molecule has 0 radical (unpaired) electrons. The number of ether oxygens (including phenoxy) is 5. The molecule has 0 bridgehead atoms. The highest BCUT2D eigenvalue weighted by Gasteiger charge is 2.47. The summed E-state index contributed by atoms with van der Waals surface area (Å²) in [6, 6.07) is 5.77. The zero-order valence-electron chi connectivity index (χ0n) is 23.3. The lowest BCUT2D eigenvalue weighted by atomic mass is 9.98. The molecule has 3 heterocycles. The van der Waals surface area contributed by atoms with Gasteiger partial charge in [-0.15, -0.1) is 0 Å². The van der Waals surface area contributed by atoms with Crippen molar-refractivity contribution in [2.75, 3.05) is 13.7 Å². The van der Waals surface area contributed by atoms with Crippen molar-refractivity contribution in [1.82, 2.24) is 0 Å². The van der Waals surface area contributed by atoms with E-state index in [1.165, 1.54) is 32.2 Å². The first kappa shape index (κ1) is 31.7. The van der Waals surface area contributed by atoms with Crippen LogP contribution >= 0.6 is 0 Å². The SMILES string of the molecule is COc1cc(O)cc(-c2oc3cc(O)cc(O)c3c(=O)c2O[C@H]2O[C@H](CO[C@H]3O[C@@H](C)[C@H](O)[C@@H](O)[C@H]3O)[C@H](O)[C@@H](O)[C@H]2O)c1. The first-order chi connectivity index (χ1) is 20.8. The fourth-order valence-corrected chi connectivity index (χ4v) is 5.01. The summed E-state index contributed by atoms with van der Waals surface area (Å²) in [5.41, 5.74) is -1.23. The van der Waals surface area contributed by atoms with Crippen LogP contribution in [0.2, 0.25) is 0 Å². The molecule has 0 spiro atoms. The number of aliphatic hydroxyl groups excluding tert-OH is 6. The van der Waals surface area contributed by atoms with Crippen molar-refractivity contribution in [3.8, 4) is 40.1 Å². The molecule has 1 aromatic heterocycles. The quantitative estimate of drug-likeness (QED) is 0.147. The first-order valence-corrected chi connectivity index (χ1v) is 13.4. The summed E-state index contributed by atoms with van der Waals surface area (Å²) in [6.45, 7) is 0.838. The van der Waals surface area contributed by atoms with E-state index < -0.39 is 96.1 Å². The Labute approximate surface area is 248 Å². The van der Waals surface area contributed by atoms with Gasteiger partial charge in [0.1, 0.15) is 76.7 Å². The van der Waals surface area contributed by atoms with Gasteiger partial charge in [-0.05, 0) is 19.1 Å². The van der Waals surface area contributed by atoms with Crippen molar-refractivity contribution < 1.29 is 74.1 Å². The zero-order valence-corrected chi connectivity index (χ0v) is 23.3. The predicted octanol–water partition coefficient (Wildman–Crippen LogP) is -1.38. The number of hydrogen-bond acceptors (Lipinski definition) is 16. The highest BCUT2D eigenvalue weighted by Crippen LogP contribution is 2.39. The number of aromatic hydroxyl groups is 3. The number of rotatable bonds is 7. The van der Waals surface area contributed by atoms with Crippen LogP contribution in [0.5, 0.6) is 28.7 Å². The summed E-state index contributed by atoms with van der Waals surface area (Å²) in [6.07, 6.45) is -16.1. The Morgan fingerprint density at radius 3 is 2.14 bits per heavy atom. The number of phenolic OH excluding ortho intramolecular Hbond substituents is 3. The summed E-state index contributed by atoms with van der Waals surface area (Å²) < 4.78 is 33.2. The Kier molecular flexibility index (Phi) is 8.90. The van der Waals surface area contributed by atoms with Crippen molar-refractivity contribution in [1.29, 1.82) is 0 Å². The van der Waals surface area contributed by atoms with Gasteiger partial charge in [0.15, 0.2) is 12.1 Å². The Bertz CT molecular complexity index is 1560. The lowest BCUT2D eigenvalue weighted by molar-refractivity contribution is -0.318. The molecule has 2 fully saturated rings. The van der Waals surface area contributed by atoms with Crippen molar-refractivity contribution in [3.63, 3.8) is 0 Å². The molecule has 3 aromatic rings. The molecule has 2 aromatic carbocycles. The van der Waals surface area contributed by atoms with Crippen molar-refractivity contribution in [3.05, 3.63) is 40.6 Å². The van der Waals surface area contributed by atoms with Gasteiger partial charge in [0.25, 0.3) is 0 Å². The van der Waals surface area contributed by atoms with E-state index in [1.807, 2.05) is 0 Å². The molecule has 2 saturated heterocycles. The van der Waals surface area contributed by atoms with Gasteiger partial charge in [0.2, 0.25) is 17.5 Å². The maximum absolute atomic E-state index is 13.7. The summed E-state index contributed by atoms with van der Waals surface area (Å²) >= 11 is 0. The third-order valence-corrected chi connectivity index (χ3v) is 7.44. The number of hydrogen-bond donors (Lipinski definition) is 9. The molecular formula is C28H32O16. The van der Waals surface area contributed by atoms with E-state index in [-0.39, 0.29) is 28.4 Å². The Morgan fingerprint density at radius 1 is 0.773 bits per heavy atom. The molecule has 0 aliphatic carbocycles. The maximum Gasteiger partial charge on any atom is 0.239 e. The van der Waals surface area contributed by atoms with Crippen molar-refractivity contribution in [2.45, 2.75) is 68.3 Å². The van der Waals surface area contributed by atoms with Gasteiger partial charge in [0.05, 0.1) is 19.8 Å². The van der Waals surface area contributed by atoms with Crippen LogP contribution in [-0.4, -0.2) is 121 Å². The van der Waals surface area contributed by atoms with Gasteiger partial charge in [-0.1, -0.05) is 0 Å². The smallest absolute Gasteiger partial charge is 0.239 e. The van der Waals surface area contributed by atoms with E-state index in [4.69, 9.17) is 28.1 Å². The second-order valence-electron chi connectivity index (χ2n) is 10.5. The first-order valence-electron chi connectivity index (χ1n) is 13.4. The minimum absolute atomic E-state index is 0.0303. The highest BCUT2D eigenvalue weighted by molar-refractivity contribution is 5.88. The van der Waals surface area contributed by atoms with E-state index in [0.717, 1.165) is 12.1 Å². The predicted molar refractivity (Wildman–Crippen MR) is 145 cm³/mol. The van der Waals surface area contributed by atoms with Crippen molar-refractivity contribution >= 4 is 11.0 Å². The third kappa shape index (κ3) is 5.86. The molecule has 0 unspecified atom stereocenters. The minimum Gasteiger partial charge on any atom is -0.508 e. The van der Waals surface area contributed by atoms with Gasteiger partial charge >= 0.3 is 0 Å². The van der Waals surface area contributed by atoms with Gasteiger partial charge in [0, 0.05) is 23.8 Å². The number of aliphatic hydroxyl groups is 6. The molecule has 44 heavy (non-hydrogen) atoms. The van der Waals surface area contributed by atoms with E-state index in [1.54, 1.807) is 0 Å². The fourth-order valence-electron chi connectivity index (χ4n) is 5.01. The lowest BCUT2D eigenvalue weighted by Gasteiger charge is -2.42. The maximum atomic E-state index is 13.7. The normalized spacial score (nSPS) is 32.5. The largest absolute Gasteiger partial charge is 0.508 e. The summed E-state index contributed by atoms with van der Waals surface area (Å²) in [5.74, 6) is -2.26. The number of phenols is 3.